The van der Waals surface area contributed by atoms with Crippen molar-refractivity contribution < 1.29 is 13.9 Å². The highest BCUT2D eigenvalue weighted by molar-refractivity contribution is 14.0. The zero-order valence-electron chi connectivity index (χ0n) is 18.7. The summed E-state index contributed by atoms with van der Waals surface area (Å²) in [5, 5.41) is 6.62. The summed E-state index contributed by atoms with van der Waals surface area (Å²) >= 11 is 0. The predicted octanol–water partition coefficient (Wildman–Crippen LogP) is 3.45. The molecule has 1 fully saturated rings. The summed E-state index contributed by atoms with van der Waals surface area (Å²) in [5.41, 5.74) is 2.14. The smallest absolute Gasteiger partial charge is 0.191 e. The molecular formula is C24H34FIN4O2. The Bertz CT molecular complexity index is 814. The van der Waals surface area contributed by atoms with Gasteiger partial charge in [-0.25, -0.2) is 9.38 Å². The summed E-state index contributed by atoms with van der Waals surface area (Å²) in [6, 6.07) is 14.7. The number of aliphatic imine (C=N–C) groups is 1. The third-order valence-corrected chi connectivity index (χ3v) is 5.11. The van der Waals surface area contributed by atoms with E-state index < -0.39 is 0 Å². The Hall–Kier alpha value is -1.91. The summed E-state index contributed by atoms with van der Waals surface area (Å²) in [4.78, 5) is 7.07. The highest BCUT2D eigenvalue weighted by atomic mass is 127. The van der Waals surface area contributed by atoms with E-state index in [-0.39, 0.29) is 29.8 Å². The number of ether oxygens (including phenoxy) is 2. The number of para-hydroxylation sites is 1. The van der Waals surface area contributed by atoms with Crippen molar-refractivity contribution in [2.24, 2.45) is 4.99 Å². The molecule has 0 radical (unpaired) electrons. The second-order valence-electron chi connectivity index (χ2n) is 7.41. The molecular weight excluding hydrogens is 522 g/mol. The minimum Gasteiger partial charge on any atom is -0.492 e. The molecule has 1 saturated heterocycles. The van der Waals surface area contributed by atoms with Gasteiger partial charge in [0.25, 0.3) is 0 Å². The number of rotatable bonds is 10. The molecule has 0 bridgehead atoms. The molecule has 0 saturated carbocycles. The average Bonchev–Trinajstić information content (AvgIpc) is 2.80. The van der Waals surface area contributed by atoms with Crippen LogP contribution in [0, 0.1) is 5.82 Å². The number of morpholine rings is 1. The van der Waals surface area contributed by atoms with Gasteiger partial charge in [0.2, 0.25) is 0 Å². The minimum absolute atomic E-state index is 0. The predicted molar refractivity (Wildman–Crippen MR) is 138 cm³/mol. The topological polar surface area (TPSA) is 58.1 Å². The van der Waals surface area contributed by atoms with E-state index in [4.69, 9.17) is 14.5 Å². The number of hydrogen-bond donors (Lipinski definition) is 2. The molecule has 1 aliphatic heterocycles. The van der Waals surface area contributed by atoms with Gasteiger partial charge in [-0.1, -0.05) is 30.3 Å². The van der Waals surface area contributed by atoms with Crippen LogP contribution in [0.25, 0.3) is 0 Å². The third-order valence-electron chi connectivity index (χ3n) is 5.11. The van der Waals surface area contributed by atoms with E-state index in [0.29, 0.717) is 13.2 Å². The fourth-order valence-corrected chi connectivity index (χ4v) is 3.37. The molecule has 0 atom stereocenters. The SMILES string of the molecule is CCNC(=NCc1ccccc1OCCN1CCOCC1)NCCc1ccc(F)cc1.I. The van der Waals surface area contributed by atoms with E-state index in [9.17, 15) is 4.39 Å². The quantitative estimate of drug-likeness (QED) is 0.267. The lowest BCUT2D eigenvalue weighted by Crippen LogP contribution is -2.38. The van der Waals surface area contributed by atoms with Crippen molar-refractivity contribution in [3.8, 4) is 5.75 Å². The van der Waals surface area contributed by atoms with Gasteiger partial charge in [-0.2, -0.15) is 0 Å². The van der Waals surface area contributed by atoms with Crippen molar-refractivity contribution >= 4 is 29.9 Å². The molecule has 6 nitrogen and oxygen atoms in total. The molecule has 1 heterocycles. The Labute approximate surface area is 207 Å². The van der Waals surface area contributed by atoms with Gasteiger partial charge in [-0.15, -0.1) is 24.0 Å². The fraction of sp³-hybridized carbons (Fsp3) is 0.458. The second-order valence-corrected chi connectivity index (χ2v) is 7.41. The Morgan fingerprint density at radius 3 is 2.59 bits per heavy atom. The highest BCUT2D eigenvalue weighted by Crippen LogP contribution is 2.19. The van der Waals surface area contributed by atoms with E-state index in [0.717, 1.165) is 75.2 Å². The molecule has 2 aromatic rings. The first kappa shape index (κ1) is 26.3. The molecule has 176 valence electrons. The molecule has 0 spiro atoms. The Balaban J connectivity index is 0.00000363. The van der Waals surface area contributed by atoms with E-state index in [2.05, 4.69) is 21.6 Å². The van der Waals surface area contributed by atoms with Crippen LogP contribution < -0.4 is 15.4 Å². The molecule has 2 aromatic carbocycles. The van der Waals surface area contributed by atoms with Crippen LogP contribution in [-0.2, 0) is 17.7 Å². The summed E-state index contributed by atoms with van der Waals surface area (Å²) in [6.45, 7) is 9.13. The van der Waals surface area contributed by atoms with Crippen LogP contribution in [0.1, 0.15) is 18.1 Å². The molecule has 2 N–H and O–H groups in total. The Morgan fingerprint density at radius 1 is 1.09 bits per heavy atom. The fourth-order valence-electron chi connectivity index (χ4n) is 3.37. The van der Waals surface area contributed by atoms with Crippen molar-refractivity contribution in [2.45, 2.75) is 19.9 Å². The van der Waals surface area contributed by atoms with Gasteiger partial charge in [0.15, 0.2) is 5.96 Å². The van der Waals surface area contributed by atoms with E-state index in [1.807, 2.05) is 37.3 Å². The maximum atomic E-state index is 13.0. The summed E-state index contributed by atoms with van der Waals surface area (Å²) in [6.07, 6.45) is 0.798. The molecule has 0 amide bonds. The molecule has 1 aliphatic rings. The van der Waals surface area contributed by atoms with Crippen LogP contribution in [0.5, 0.6) is 5.75 Å². The molecule has 3 rings (SSSR count). The summed E-state index contributed by atoms with van der Waals surface area (Å²) in [5.74, 6) is 1.42. The van der Waals surface area contributed by atoms with Gasteiger partial charge in [0.1, 0.15) is 18.2 Å². The van der Waals surface area contributed by atoms with Crippen molar-refractivity contribution in [1.82, 2.24) is 15.5 Å². The summed E-state index contributed by atoms with van der Waals surface area (Å²) < 4.78 is 24.5. The number of nitrogens with zero attached hydrogens (tertiary/aromatic N) is 2. The van der Waals surface area contributed by atoms with Gasteiger partial charge in [-0.3, -0.25) is 4.90 Å². The molecule has 32 heavy (non-hydrogen) atoms. The van der Waals surface area contributed by atoms with Crippen molar-refractivity contribution in [2.75, 3.05) is 52.5 Å². The number of benzene rings is 2. The lowest BCUT2D eigenvalue weighted by atomic mass is 10.1. The normalized spacial score (nSPS) is 14.5. The third kappa shape index (κ3) is 9.30. The second kappa shape index (κ2) is 15.0. The standard InChI is InChI=1S/C24H33FN4O2.HI/c1-2-26-24(27-12-11-20-7-9-22(25)10-8-20)28-19-21-5-3-4-6-23(21)31-18-15-29-13-16-30-17-14-29;/h3-10H,2,11-19H2,1H3,(H2,26,27,28);1H. The Kier molecular flexibility index (Phi) is 12.4. The van der Waals surface area contributed by atoms with Crippen molar-refractivity contribution in [3.05, 3.63) is 65.5 Å². The lowest BCUT2D eigenvalue weighted by Gasteiger charge is -2.26. The molecule has 0 aromatic heterocycles. The zero-order valence-corrected chi connectivity index (χ0v) is 21.0. The zero-order chi connectivity index (χ0) is 21.7. The number of halogens is 2. The molecule has 8 heteroatoms. The van der Waals surface area contributed by atoms with Gasteiger partial charge < -0.3 is 20.1 Å². The average molecular weight is 556 g/mol. The van der Waals surface area contributed by atoms with Gasteiger partial charge in [-0.05, 0) is 37.1 Å². The van der Waals surface area contributed by atoms with E-state index in [1.54, 1.807) is 0 Å². The molecule has 0 aliphatic carbocycles. The molecule has 0 unspecified atom stereocenters. The van der Waals surface area contributed by atoms with E-state index >= 15 is 0 Å². The largest absolute Gasteiger partial charge is 0.492 e. The maximum Gasteiger partial charge on any atom is 0.191 e. The minimum atomic E-state index is -0.211. The Morgan fingerprint density at radius 2 is 1.84 bits per heavy atom. The van der Waals surface area contributed by atoms with Crippen LogP contribution in [-0.4, -0.2) is 63.4 Å². The first-order valence-electron chi connectivity index (χ1n) is 11.0. The van der Waals surface area contributed by atoms with Crippen molar-refractivity contribution in [1.29, 1.82) is 0 Å². The first-order valence-corrected chi connectivity index (χ1v) is 11.0. The van der Waals surface area contributed by atoms with Crippen LogP contribution in [0.15, 0.2) is 53.5 Å². The van der Waals surface area contributed by atoms with Crippen LogP contribution in [0.4, 0.5) is 4.39 Å². The highest BCUT2D eigenvalue weighted by Gasteiger charge is 2.10. The van der Waals surface area contributed by atoms with Gasteiger partial charge in [0, 0.05) is 38.3 Å². The lowest BCUT2D eigenvalue weighted by molar-refractivity contribution is 0.0322. The van der Waals surface area contributed by atoms with Crippen molar-refractivity contribution in [3.63, 3.8) is 0 Å². The van der Waals surface area contributed by atoms with Crippen LogP contribution >= 0.6 is 24.0 Å². The van der Waals surface area contributed by atoms with Crippen LogP contribution in [0.2, 0.25) is 0 Å². The number of hydrogen-bond acceptors (Lipinski definition) is 4. The van der Waals surface area contributed by atoms with Gasteiger partial charge >= 0.3 is 0 Å². The van der Waals surface area contributed by atoms with E-state index in [1.165, 1.54) is 12.1 Å². The maximum absolute atomic E-state index is 13.0. The van der Waals surface area contributed by atoms with Crippen LogP contribution in [0.3, 0.4) is 0 Å². The van der Waals surface area contributed by atoms with Gasteiger partial charge in [0.05, 0.1) is 19.8 Å². The summed E-state index contributed by atoms with van der Waals surface area (Å²) in [7, 11) is 0. The number of nitrogens with one attached hydrogen (secondary N) is 2. The first-order chi connectivity index (χ1) is 15.2. The monoisotopic (exact) mass is 556 g/mol. The number of guanidine groups is 1.